The number of alkyl halides is 3. The van der Waals surface area contributed by atoms with Crippen LogP contribution in [0.1, 0.15) is 21.5 Å². The van der Waals surface area contributed by atoms with Gasteiger partial charge in [-0.05, 0) is 42.0 Å². The quantitative estimate of drug-likeness (QED) is 0.697. The van der Waals surface area contributed by atoms with Crippen LogP contribution in [0.15, 0.2) is 42.5 Å². The van der Waals surface area contributed by atoms with E-state index < -0.39 is 11.7 Å². The minimum Gasteiger partial charge on any atom is -0.339 e. The highest BCUT2D eigenvalue weighted by Gasteiger charge is 2.31. The Morgan fingerprint density at radius 3 is 1.90 bits per heavy atom. The second-order valence-electron chi connectivity index (χ2n) is 6.63. The number of amides is 2. The first-order chi connectivity index (χ1) is 13.7. The van der Waals surface area contributed by atoms with Gasteiger partial charge in [-0.2, -0.15) is 13.2 Å². The summed E-state index contributed by atoms with van der Waals surface area (Å²) in [5.41, 5.74) is -0.0626. The fourth-order valence-corrected chi connectivity index (χ4v) is 3.64. The molecule has 4 nitrogen and oxygen atoms in total. The van der Waals surface area contributed by atoms with E-state index in [0.29, 0.717) is 41.8 Å². The second kappa shape index (κ2) is 8.63. The van der Waals surface area contributed by atoms with Crippen LogP contribution < -0.4 is 0 Å². The van der Waals surface area contributed by atoms with Gasteiger partial charge >= 0.3 is 6.18 Å². The molecule has 0 spiro atoms. The van der Waals surface area contributed by atoms with Crippen LogP contribution >= 0.6 is 23.2 Å². The van der Waals surface area contributed by atoms with Crippen LogP contribution in [0, 0.1) is 0 Å². The molecule has 1 fully saturated rings. The smallest absolute Gasteiger partial charge is 0.339 e. The number of nitrogens with zero attached hydrogens (tertiary/aromatic N) is 2. The Morgan fingerprint density at radius 1 is 0.862 bits per heavy atom. The number of hydrogen-bond acceptors (Lipinski definition) is 2. The van der Waals surface area contributed by atoms with Gasteiger partial charge in [0.15, 0.2) is 0 Å². The molecule has 0 aromatic heterocycles. The molecule has 1 aliphatic rings. The zero-order valence-electron chi connectivity index (χ0n) is 15.2. The van der Waals surface area contributed by atoms with Crippen molar-refractivity contribution in [2.45, 2.75) is 12.6 Å². The lowest BCUT2D eigenvalue weighted by molar-refractivity contribution is -0.137. The zero-order chi connectivity index (χ0) is 21.2. The molecule has 0 atom stereocenters. The Hall–Kier alpha value is -2.25. The average molecular weight is 445 g/mol. The number of rotatable bonds is 3. The Bertz CT molecular complexity index is 889. The van der Waals surface area contributed by atoms with Gasteiger partial charge in [-0.15, -0.1) is 0 Å². The summed E-state index contributed by atoms with van der Waals surface area (Å²) in [6.45, 7) is 1.24. The molecule has 1 heterocycles. The lowest BCUT2D eigenvalue weighted by Crippen LogP contribution is -2.51. The van der Waals surface area contributed by atoms with Crippen LogP contribution in [0.5, 0.6) is 0 Å². The van der Waals surface area contributed by atoms with Gasteiger partial charge in [0.05, 0.1) is 12.0 Å². The third kappa shape index (κ3) is 5.03. The molecule has 1 aliphatic heterocycles. The fraction of sp³-hybridized carbons (Fsp3) is 0.300. The first-order valence-electron chi connectivity index (χ1n) is 8.84. The van der Waals surface area contributed by atoms with Crippen LogP contribution in [0.4, 0.5) is 13.2 Å². The van der Waals surface area contributed by atoms with Gasteiger partial charge in [-0.1, -0.05) is 29.3 Å². The molecule has 0 unspecified atom stereocenters. The van der Waals surface area contributed by atoms with E-state index in [0.717, 1.165) is 12.1 Å². The molecule has 1 saturated heterocycles. The summed E-state index contributed by atoms with van der Waals surface area (Å²) >= 11 is 12.2. The van der Waals surface area contributed by atoms with Crippen molar-refractivity contribution in [1.29, 1.82) is 0 Å². The molecule has 0 bridgehead atoms. The van der Waals surface area contributed by atoms with Gasteiger partial charge in [0.25, 0.3) is 5.91 Å². The number of hydrogen-bond donors (Lipinski definition) is 0. The monoisotopic (exact) mass is 444 g/mol. The Balaban J connectivity index is 1.58. The zero-order valence-corrected chi connectivity index (χ0v) is 16.7. The van der Waals surface area contributed by atoms with Gasteiger partial charge in [0, 0.05) is 41.8 Å². The maximum atomic E-state index is 12.7. The minimum absolute atomic E-state index is 0.0609. The molecule has 0 radical (unpaired) electrons. The molecule has 29 heavy (non-hydrogen) atoms. The van der Waals surface area contributed by atoms with Crippen LogP contribution in [-0.4, -0.2) is 47.8 Å². The maximum Gasteiger partial charge on any atom is 0.416 e. The summed E-state index contributed by atoms with van der Waals surface area (Å²) in [6, 6.07) is 9.14. The lowest BCUT2D eigenvalue weighted by atomic mass is 10.1. The molecule has 154 valence electrons. The van der Waals surface area contributed by atoms with Gasteiger partial charge in [0.2, 0.25) is 5.91 Å². The molecular weight excluding hydrogens is 428 g/mol. The average Bonchev–Trinajstić information content (AvgIpc) is 2.70. The Labute approximate surface area is 175 Å². The van der Waals surface area contributed by atoms with Crippen molar-refractivity contribution in [3.8, 4) is 0 Å². The van der Waals surface area contributed by atoms with Crippen molar-refractivity contribution in [3.05, 3.63) is 69.2 Å². The van der Waals surface area contributed by atoms with E-state index in [-0.39, 0.29) is 23.8 Å². The van der Waals surface area contributed by atoms with Gasteiger partial charge in [-0.25, -0.2) is 0 Å². The molecule has 0 aliphatic carbocycles. The largest absolute Gasteiger partial charge is 0.416 e. The standard InChI is InChI=1S/C20H17Cl2F3N2O2/c21-16-2-1-3-17(22)15(16)12-18(28)26-8-10-27(11-9-26)19(29)13-4-6-14(7-5-13)20(23,24)25/h1-7H,8-12H2. The molecule has 0 N–H and O–H groups in total. The first-order valence-corrected chi connectivity index (χ1v) is 9.59. The summed E-state index contributed by atoms with van der Waals surface area (Å²) in [7, 11) is 0. The summed E-state index contributed by atoms with van der Waals surface area (Å²) < 4.78 is 38.0. The Kier molecular flexibility index (Phi) is 6.39. The number of halogens is 5. The van der Waals surface area contributed by atoms with Gasteiger partial charge < -0.3 is 9.80 Å². The number of piperazine rings is 1. The van der Waals surface area contributed by atoms with Crippen LogP contribution in [0.25, 0.3) is 0 Å². The SMILES string of the molecule is O=C(Cc1c(Cl)cccc1Cl)N1CCN(C(=O)c2ccc(C(F)(F)F)cc2)CC1. The summed E-state index contributed by atoms with van der Waals surface area (Å²) in [6.07, 6.45) is -4.39. The highest BCUT2D eigenvalue weighted by Crippen LogP contribution is 2.29. The van der Waals surface area contributed by atoms with E-state index in [9.17, 15) is 22.8 Å². The van der Waals surface area contributed by atoms with E-state index in [1.807, 2.05) is 0 Å². The predicted octanol–water partition coefficient (Wildman–Crippen LogP) is 4.54. The second-order valence-corrected chi connectivity index (χ2v) is 7.44. The maximum absolute atomic E-state index is 12.7. The third-order valence-electron chi connectivity index (χ3n) is 4.77. The summed E-state index contributed by atoms with van der Waals surface area (Å²) in [4.78, 5) is 28.2. The molecule has 2 amide bonds. The van der Waals surface area contributed by atoms with E-state index >= 15 is 0 Å². The van der Waals surface area contributed by atoms with Crippen molar-refractivity contribution >= 4 is 35.0 Å². The molecule has 2 aromatic carbocycles. The first kappa shape index (κ1) is 21.5. The highest BCUT2D eigenvalue weighted by atomic mass is 35.5. The number of benzene rings is 2. The molecule has 3 rings (SSSR count). The number of carbonyl (C=O) groups is 2. The van der Waals surface area contributed by atoms with Crippen molar-refractivity contribution in [1.82, 2.24) is 9.80 Å². The van der Waals surface area contributed by atoms with Crippen LogP contribution in [0.3, 0.4) is 0 Å². The van der Waals surface area contributed by atoms with E-state index in [1.54, 1.807) is 23.1 Å². The number of carbonyl (C=O) groups excluding carboxylic acids is 2. The Morgan fingerprint density at radius 2 is 1.38 bits per heavy atom. The van der Waals surface area contributed by atoms with Crippen molar-refractivity contribution in [2.75, 3.05) is 26.2 Å². The van der Waals surface area contributed by atoms with E-state index in [2.05, 4.69) is 0 Å². The normalized spacial score (nSPS) is 14.8. The third-order valence-corrected chi connectivity index (χ3v) is 5.48. The predicted molar refractivity (Wildman–Crippen MR) is 104 cm³/mol. The van der Waals surface area contributed by atoms with Crippen molar-refractivity contribution in [2.24, 2.45) is 0 Å². The summed E-state index contributed by atoms with van der Waals surface area (Å²) in [5, 5.41) is 0.837. The fourth-order valence-electron chi connectivity index (χ4n) is 3.11. The molecule has 0 saturated carbocycles. The minimum atomic E-state index is -4.45. The molecule has 9 heteroatoms. The van der Waals surface area contributed by atoms with Crippen LogP contribution in [0.2, 0.25) is 10.0 Å². The lowest BCUT2D eigenvalue weighted by Gasteiger charge is -2.35. The van der Waals surface area contributed by atoms with E-state index in [4.69, 9.17) is 23.2 Å². The van der Waals surface area contributed by atoms with Crippen molar-refractivity contribution < 1.29 is 22.8 Å². The highest BCUT2D eigenvalue weighted by molar-refractivity contribution is 6.36. The van der Waals surface area contributed by atoms with Gasteiger partial charge in [-0.3, -0.25) is 9.59 Å². The van der Waals surface area contributed by atoms with Crippen LogP contribution in [-0.2, 0) is 17.4 Å². The molecular formula is C20H17Cl2F3N2O2. The molecule has 2 aromatic rings. The summed E-state index contributed by atoms with van der Waals surface area (Å²) in [5.74, 6) is -0.512. The topological polar surface area (TPSA) is 40.6 Å². The van der Waals surface area contributed by atoms with E-state index in [1.165, 1.54) is 17.0 Å². The van der Waals surface area contributed by atoms with Crippen molar-refractivity contribution in [3.63, 3.8) is 0 Å². The van der Waals surface area contributed by atoms with Gasteiger partial charge in [0.1, 0.15) is 0 Å².